The van der Waals surface area contributed by atoms with Gasteiger partial charge in [-0.1, -0.05) is 42.5 Å². The molecule has 0 aliphatic carbocycles. The van der Waals surface area contributed by atoms with Gasteiger partial charge in [-0.2, -0.15) is 0 Å². The molecule has 0 saturated carbocycles. The standard InChI is InChI=1S/C23H24N2O4S2/c1-25-21(26)14-18(15-8-10-17(11-9-15)24-31(2,28)29)22(25)23(27)20-13-12-19(30-20)16-6-4-3-5-7-16/h3-13,18,22-24,27H,14H2,1-2H3/t18-,22-,23+/m1/s1. The summed E-state index contributed by atoms with van der Waals surface area (Å²) >= 11 is 1.53. The Labute approximate surface area is 186 Å². The van der Waals surface area contributed by atoms with Gasteiger partial charge in [0.05, 0.1) is 12.3 Å². The number of anilines is 1. The molecular formula is C23H24N2O4S2. The van der Waals surface area contributed by atoms with Crippen LogP contribution in [0.3, 0.4) is 0 Å². The highest BCUT2D eigenvalue weighted by atomic mass is 32.2. The van der Waals surface area contributed by atoms with Gasteiger partial charge in [-0.15, -0.1) is 11.3 Å². The summed E-state index contributed by atoms with van der Waals surface area (Å²) in [5.74, 6) is -0.214. The second kappa shape index (κ2) is 8.45. The molecule has 0 unspecified atom stereocenters. The van der Waals surface area contributed by atoms with E-state index in [-0.39, 0.29) is 11.8 Å². The number of hydrogen-bond acceptors (Lipinski definition) is 5. The Bertz CT molecular complexity index is 1170. The van der Waals surface area contributed by atoms with Gasteiger partial charge in [-0.3, -0.25) is 9.52 Å². The molecule has 162 valence electrons. The van der Waals surface area contributed by atoms with Crippen LogP contribution in [0.15, 0.2) is 66.7 Å². The molecule has 8 heteroatoms. The van der Waals surface area contributed by atoms with Crippen LogP contribution in [0, 0.1) is 0 Å². The van der Waals surface area contributed by atoms with E-state index in [0.717, 1.165) is 27.1 Å². The third kappa shape index (κ3) is 4.66. The summed E-state index contributed by atoms with van der Waals surface area (Å²) in [4.78, 5) is 16.0. The molecule has 6 nitrogen and oxygen atoms in total. The van der Waals surface area contributed by atoms with Crippen LogP contribution in [0.2, 0.25) is 0 Å². The Morgan fingerprint density at radius 3 is 2.39 bits per heavy atom. The van der Waals surface area contributed by atoms with E-state index in [1.807, 2.05) is 54.6 Å². The average Bonchev–Trinajstić information content (AvgIpc) is 3.33. The number of nitrogens with one attached hydrogen (secondary N) is 1. The van der Waals surface area contributed by atoms with Gasteiger partial charge in [-0.05, 0) is 35.4 Å². The van der Waals surface area contributed by atoms with E-state index in [0.29, 0.717) is 12.1 Å². The second-order valence-electron chi connectivity index (χ2n) is 7.81. The number of rotatable bonds is 6. The normalized spacial score (nSPS) is 20.1. The molecule has 3 aromatic rings. The second-order valence-corrected chi connectivity index (χ2v) is 10.7. The number of benzene rings is 2. The Kier molecular flexibility index (Phi) is 5.88. The smallest absolute Gasteiger partial charge is 0.229 e. The number of likely N-dealkylation sites (N-methyl/N-ethyl adjacent to an activating group) is 1. The van der Waals surface area contributed by atoms with Crippen molar-refractivity contribution in [1.82, 2.24) is 4.90 Å². The van der Waals surface area contributed by atoms with E-state index in [4.69, 9.17) is 0 Å². The van der Waals surface area contributed by atoms with Gasteiger partial charge in [0.2, 0.25) is 15.9 Å². The fourth-order valence-electron chi connectivity index (χ4n) is 4.09. The van der Waals surface area contributed by atoms with Crippen molar-refractivity contribution in [1.29, 1.82) is 0 Å². The number of carbonyl (C=O) groups excluding carboxylic acids is 1. The van der Waals surface area contributed by atoms with Gasteiger partial charge >= 0.3 is 0 Å². The minimum atomic E-state index is -3.36. The van der Waals surface area contributed by atoms with Crippen LogP contribution in [0.5, 0.6) is 0 Å². The lowest BCUT2D eigenvalue weighted by Crippen LogP contribution is -2.36. The summed E-state index contributed by atoms with van der Waals surface area (Å²) in [5.41, 5.74) is 2.44. The number of hydrogen-bond donors (Lipinski definition) is 2. The van der Waals surface area contributed by atoms with Gasteiger partial charge < -0.3 is 10.0 Å². The van der Waals surface area contributed by atoms with Crippen LogP contribution in [-0.4, -0.2) is 43.7 Å². The van der Waals surface area contributed by atoms with Crippen molar-refractivity contribution in [3.63, 3.8) is 0 Å². The molecule has 1 aromatic heterocycles. The van der Waals surface area contributed by atoms with Crippen LogP contribution >= 0.6 is 11.3 Å². The molecule has 1 aliphatic rings. The molecule has 31 heavy (non-hydrogen) atoms. The molecule has 1 saturated heterocycles. The Morgan fingerprint density at radius 2 is 1.74 bits per heavy atom. The first-order valence-corrected chi connectivity index (χ1v) is 12.6. The van der Waals surface area contributed by atoms with Crippen molar-refractivity contribution in [2.45, 2.75) is 24.5 Å². The van der Waals surface area contributed by atoms with Crippen molar-refractivity contribution in [2.75, 3.05) is 18.0 Å². The molecule has 1 aliphatic heterocycles. The predicted octanol–water partition coefficient (Wildman–Crippen LogP) is 3.83. The molecule has 2 aromatic carbocycles. The predicted molar refractivity (Wildman–Crippen MR) is 124 cm³/mol. The number of likely N-dealkylation sites (tertiary alicyclic amines) is 1. The minimum absolute atomic E-state index is 0.0211. The van der Waals surface area contributed by atoms with Crippen LogP contribution in [-0.2, 0) is 14.8 Å². The van der Waals surface area contributed by atoms with Gasteiger partial charge in [0.15, 0.2) is 0 Å². The zero-order valence-corrected chi connectivity index (χ0v) is 18.9. The molecule has 1 amide bonds. The van der Waals surface area contributed by atoms with Gasteiger partial charge in [0.25, 0.3) is 0 Å². The fourth-order valence-corrected chi connectivity index (χ4v) is 5.69. The fraction of sp³-hybridized carbons (Fsp3) is 0.261. The summed E-state index contributed by atoms with van der Waals surface area (Å²) in [6.07, 6.45) is 0.578. The van der Waals surface area contributed by atoms with Crippen molar-refractivity contribution in [3.8, 4) is 10.4 Å². The van der Waals surface area contributed by atoms with Gasteiger partial charge in [0, 0.05) is 34.8 Å². The quantitative estimate of drug-likeness (QED) is 0.590. The number of nitrogens with zero attached hydrogens (tertiary/aromatic N) is 1. The maximum absolute atomic E-state index is 12.5. The largest absolute Gasteiger partial charge is 0.385 e. The number of aliphatic hydroxyl groups is 1. The molecule has 0 spiro atoms. The van der Waals surface area contributed by atoms with Gasteiger partial charge in [0.1, 0.15) is 6.10 Å². The molecule has 0 bridgehead atoms. The summed E-state index contributed by atoms with van der Waals surface area (Å²) in [6.45, 7) is 0. The Hall–Kier alpha value is -2.68. The first-order valence-electron chi connectivity index (χ1n) is 9.89. The van der Waals surface area contributed by atoms with E-state index < -0.39 is 22.2 Å². The highest BCUT2D eigenvalue weighted by molar-refractivity contribution is 7.92. The van der Waals surface area contributed by atoms with E-state index >= 15 is 0 Å². The van der Waals surface area contributed by atoms with E-state index in [1.165, 1.54) is 11.3 Å². The number of amides is 1. The number of carbonyl (C=O) groups is 1. The number of sulfonamides is 1. The first-order chi connectivity index (χ1) is 14.7. The van der Waals surface area contributed by atoms with Crippen molar-refractivity contribution in [3.05, 3.63) is 77.2 Å². The zero-order chi connectivity index (χ0) is 22.2. The Balaban J connectivity index is 1.60. The monoisotopic (exact) mass is 456 g/mol. The van der Waals surface area contributed by atoms with Crippen molar-refractivity contribution >= 4 is 33.0 Å². The first kappa shape index (κ1) is 21.5. The molecule has 0 radical (unpaired) electrons. The van der Waals surface area contributed by atoms with Crippen LogP contribution in [0.1, 0.15) is 28.9 Å². The highest BCUT2D eigenvalue weighted by Gasteiger charge is 2.43. The third-order valence-corrected chi connectivity index (χ3v) is 7.40. The lowest BCUT2D eigenvalue weighted by atomic mass is 9.88. The summed E-state index contributed by atoms with van der Waals surface area (Å²) in [7, 11) is -1.63. The molecule has 2 N–H and O–H groups in total. The topological polar surface area (TPSA) is 86.7 Å². The number of thiophene rings is 1. The van der Waals surface area contributed by atoms with Crippen molar-refractivity contribution < 1.29 is 18.3 Å². The molecule has 2 heterocycles. The van der Waals surface area contributed by atoms with Crippen molar-refractivity contribution in [2.24, 2.45) is 0 Å². The van der Waals surface area contributed by atoms with Gasteiger partial charge in [-0.25, -0.2) is 8.42 Å². The molecular weight excluding hydrogens is 432 g/mol. The minimum Gasteiger partial charge on any atom is -0.385 e. The van der Waals surface area contributed by atoms with E-state index in [9.17, 15) is 18.3 Å². The van der Waals surface area contributed by atoms with E-state index in [1.54, 1.807) is 24.1 Å². The van der Waals surface area contributed by atoms with Crippen LogP contribution in [0.25, 0.3) is 10.4 Å². The highest BCUT2D eigenvalue weighted by Crippen LogP contribution is 2.42. The Morgan fingerprint density at radius 1 is 1.06 bits per heavy atom. The maximum atomic E-state index is 12.5. The van der Waals surface area contributed by atoms with Crippen LogP contribution in [0.4, 0.5) is 5.69 Å². The molecule has 4 rings (SSSR count). The summed E-state index contributed by atoms with van der Waals surface area (Å²) in [6, 6.07) is 20.5. The van der Waals surface area contributed by atoms with E-state index in [2.05, 4.69) is 4.72 Å². The number of aliphatic hydroxyl groups excluding tert-OH is 1. The maximum Gasteiger partial charge on any atom is 0.229 e. The van der Waals surface area contributed by atoms with Crippen LogP contribution < -0.4 is 4.72 Å². The molecule has 3 atom stereocenters. The zero-order valence-electron chi connectivity index (χ0n) is 17.2. The third-order valence-electron chi connectivity index (χ3n) is 5.59. The average molecular weight is 457 g/mol. The SMILES string of the molecule is CN1C(=O)C[C@H](c2ccc(NS(C)(=O)=O)cc2)[C@@H]1[C@@H](O)c1ccc(-c2ccccc2)s1. The lowest BCUT2D eigenvalue weighted by Gasteiger charge is -2.29. The summed E-state index contributed by atoms with van der Waals surface area (Å²) < 4.78 is 25.3. The lowest BCUT2D eigenvalue weighted by molar-refractivity contribution is -0.128. The summed E-state index contributed by atoms with van der Waals surface area (Å²) in [5, 5.41) is 11.2. The molecule has 1 fully saturated rings.